The number of piperidine rings is 1. The molecule has 1 saturated heterocycles. The SMILES string of the molecule is CC(C)N1CCC2(CC1)Oc1ccc(Br)cc1[C@H]1CC(c3ccc(Cl)c(Cl)c3)=NN12. The van der Waals surface area contributed by atoms with E-state index in [1.54, 1.807) is 0 Å². The van der Waals surface area contributed by atoms with Crippen molar-refractivity contribution in [1.29, 1.82) is 0 Å². The van der Waals surface area contributed by atoms with Gasteiger partial charge in [0.05, 0.1) is 21.8 Å². The highest BCUT2D eigenvalue weighted by molar-refractivity contribution is 9.10. The van der Waals surface area contributed by atoms with E-state index in [0.717, 1.165) is 53.8 Å². The van der Waals surface area contributed by atoms with E-state index in [0.29, 0.717) is 16.1 Å². The molecular formula is C23H24BrCl2N3O. The zero-order valence-electron chi connectivity index (χ0n) is 17.0. The quantitative estimate of drug-likeness (QED) is 0.463. The number of benzene rings is 2. The number of ether oxygens (including phenoxy) is 1. The first kappa shape index (κ1) is 20.6. The monoisotopic (exact) mass is 507 g/mol. The molecule has 158 valence electrons. The van der Waals surface area contributed by atoms with Crippen LogP contribution in [0.5, 0.6) is 5.75 Å². The van der Waals surface area contributed by atoms with Crippen LogP contribution in [0, 0.1) is 0 Å². The third-order valence-electron chi connectivity index (χ3n) is 6.52. The van der Waals surface area contributed by atoms with Crippen molar-refractivity contribution in [3.8, 4) is 5.75 Å². The van der Waals surface area contributed by atoms with E-state index in [1.807, 2.05) is 18.2 Å². The molecule has 7 heteroatoms. The summed E-state index contributed by atoms with van der Waals surface area (Å²) >= 11 is 16.1. The van der Waals surface area contributed by atoms with Crippen LogP contribution in [-0.2, 0) is 0 Å². The molecule has 0 radical (unpaired) electrons. The number of fused-ring (bicyclic) bond motifs is 4. The summed E-state index contributed by atoms with van der Waals surface area (Å²) in [7, 11) is 0. The van der Waals surface area contributed by atoms with Crippen molar-refractivity contribution in [1.82, 2.24) is 9.91 Å². The molecule has 0 bridgehead atoms. The largest absolute Gasteiger partial charge is 0.466 e. The standard InChI is InChI=1S/C23H24BrCl2N3O/c1-14(2)28-9-7-23(8-10-28)29-21(17-12-16(24)4-6-22(17)30-23)13-20(27-29)15-3-5-18(25)19(26)11-15/h3-6,11-12,14,21H,7-10,13H2,1-2H3/t21-/m1/s1. The van der Waals surface area contributed by atoms with Crippen molar-refractivity contribution in [3.05, 3.63) is 62.0 Å². The molecule has 1 atom stereocenters. The zero-order valence-corrected chi connectivity index (χ0v) is 20.1. The fourth-order valence-electron chi connectivity index (χ4n) is 4.82. The maximum atomic E-state index is 6.71. The smallest absolute Gasteiger partial charge is 0.200 e. The summed E-state index contributed by atoms with van der Waals surface area (Å²) in [5, 5.41) is 8.47. The van der Waals surface area contributed by atoms with Crippen LogP contribution in [0.25, 0.3) is 0 Å². The molecule has 0 N–H and O–H groups in total. The number of hydrogen-bond acceptors (Lipinski definition) is 4. The van der Waals surface area contributed by atoms with Crippen LogP contribution in [-0.4, -0.2) is 40.5 Å². The second kappa shape index (κ2) is 7.70. The van der Waals surface area contributed by atoms with Gasteiger partial charge in [-0.15, -0.1) is 0 Å². The van der Waals surface area contributed by atoms with E-state index >= 15 is 0 Å². The van der Waals surface area contributed by atoms with Crippen LogP contribution in [0.3, 0.4) is 0 Å². The topological polar surface area (TPSA) is 28.1 Å². The van der Waals surface area contributed by atoms with Gasteiger partial charge in [0.15, 0.2) is 0 Å². The Balaban J connectivity index is 1.55. The van der Waals surface area contributed by atoms with Crippen LogP contribution in [0.1, 0.15) is 50.3 Å². The highest BCUT2D eigenvalue weighted by atomic mass is 79.9. The van der Waals surface area contributed by atoms with Crippen LogP contribution in [0.2, 0.25) is 10.0 Å². The Morgan fingerprint density at radius 1 is 1.10 bits per heavy atom. The maximum Gasteiger partial charge on any atom is 0.200 e. The van der Waals surface area contributed by atoms with E-state index < -0.39 is 5.72 Å². The second-order valence-corrected chi connectivity index (χ2v) is 10.3. The molecule has 0 aromatic heterocycles. The number of halogens is 3. The third kappa shape index (κ3) is 3.44. The molecule has 3 aliphatic rings. The van der Waals surface area contributed by atoms with Crippen molar-refractivity contribution in [2.75, 3.05) is 13.1 Å². The van der Waals surface area contributed by atoms with Crippen LogP contribution in [0.4, 0.5) is 0 Å². The molecule has 5 rings (SSSR count). The molecule has 3 heterocycles. The lowest BCUT2D eigenvalue weighted by Crippen LogP contribution is -2.59. The molecule has 1 fully saturated rings. The average molecular weight is 509 g/mol. The van der Waals surface area contributed by atoms with Crippen molar-refractivity contribution < 1.29 is 4.74 Å². The maximum absolute atomic E-state index is 6.71. The first-order valence-electron chi connectivity index (χ1n) is 10.4. The van der Waals surface area contributed by atoms with E-state index in [-0.39, 0.29) is 6.04 Å². The van der Waals surface area contributed by atoms with Crippen LogP contribution < -0.4 is 4.74 Å². The summed E-state index contributed by atoms with van der Waals surface area (Å²) in [5.41, 5.74) is 2.82. The number of nitrogens with zero attached hydrogens (tertiary/aromatic N) is 3. The van der Waals surface area contributed by atoms with Gasteiger partial charge in [-0.1, -0.05) is 45.2 Å². The molecule has 0 amide bonds. The lowest BCUT2D eigenvalue weighted by Gasteiger charge is -2.51. The predicted molar refractivity (Wildman–Crippen MR) is 126 cm³/mol. The Labute approximate surface area is 195 Å². The minimum atomic E-state index is -0.408. The van der Waals surface area contributed by atoms with Gasteiger partial charge in [0.1, 0.15) is 5.75 Å². The zero-order chi connectivity index (χ0) is 21.0. The summed E-state index contributed by atoms with van der Waals surface area (Å²) in [6, 6.07) is 12.8. The predicted octanol–water partition coefficient (Wildman–Crippen LogP) is 6.50. The number of likely N-dealkylation sites (tertiary alicyclic amines) is 1. The number of hydrogen-bond donors (Lipinski definition) is 0. The normalized spacial score (nSPS) is 22.7. The molecule has 0 aliphatic carbocycles. The van der Waals surface area contributed by atoms with Crippen LogP contribution >= 0.6 is 39.1 Å². The Morgan fingerprint density at radius 2 is 1.87 bits per heavy atom. The van der Waals surface area contributed by atoms with Crippen molar-refractivity contribution in [3.63, 3.8) is 0 Å². The van der Waals surface area contributed by atoms with Gasteiger partial charge in [0, 0.05) is 48.4 Å². The Hall–Kier alpha value is -1.27. The fraction of sp³-hybridized carbons (Fsp3) is 0.435. The van der Waals surface area contributed by atoms with Gasteiger partial charge in [-0.3, -0.25) is 0 Å². The summed E-state index contributed by atoms with van der Waals surface area (Å²) in [6.45, 7) is 6.52. The van der Waals surface area contributed by atoms with Crippen LogP contribution in [0.15, 0.2) is 46.0 Å². The summed E-state index contributed by atoms with van der Waals surface area (Å²) in [5.74, 6) is 0.975. The first-order chi connectivity index (χ1) is 14.4. The van der Waals surface area contributed by atoms with Gasteiger partial charge in [-0.25, -0.2) is 5.01 Å². The molecule has 0 saturated carbocycles. The van der Waals surface area contributed by atoms with E-state index in [4.69, 9.17) is 33.0 Å². The molecule has 3 aliphatic heterocycles. The second-order valence-electron chi connectivity index (χ2n) is 8.60. The highest BCUT2D eigenvalue weighted by Crippen LogP contribution is 2.50. The van der Waals surface area contributed by atoms with Gasteiger partial charge in [0.2, 0.25) is 5.72 Å². The summed E-state index contributed by atoms with van der Waals surface area (Å²) in [4.78, 5) is 2.51. The molecule has 2 aromatic carbocycles. The van der Waals surface area contributed by atoms with Crippen molar-refractivity contribution in [2.24, 2.45) is 5.10 Å². The molecule has 1 spiro atoms. The van der Waals surface area contributed by atoms with Crippen molar-refractivity contribution >= 4 is 44.8 Å². The van der Waals surface area contributed by atoms with Crippen molar-refractivity contribution in [2.45, 2.75) is 50.9 Å². The molecular weight excluding hydrogens is 485 g/mol. The number of hydrazone groups is 1. The molecule has 0 unspecified atom stereocenters. The van der Waals surface area contributed by atoms with Gasteiger partial charge in [-0.05, 0) is 49.7 Å². The lowest BCUT2D eigenvalue weighted by atomic mass is 9.90. The highest BCUT2D eigenvalue weighted by Gasteiger charge is 2.52. The average Bonchev–Trinajstić information content (AvgIpc) is 3.18. The summed E-state index contributed by atoms with van der Waals surface area (Å²) < 4.78 is 7.76. The lowest BCUT2D eigenvalue weighted by molar-refractivity contribution is -0.152. The Kier molecular flexibility index (Phi) is 5.29. The Morgan fingerprint density at radius 3 is 2.57 bits per heavy atom. The first-order valence-corrected chi connectivity index (χ1v) is 12.0. The van der Waals surface area contributed by atoms with Gasteiger partial charge in [-0.2, -0.15) is 5.10 Å². The van der Waals surface area contributed by atoms with E-state index in [9.17, 15) is 0 Å². The van der Waals surface area contributed by atoms with E-state index in [1.165, 1.54) is 5.56 Å². The number of rotatable bonds is 2. The minimum Gasteiger partial charge on any atom is -0.466 e. The van der Waals surface area contributed by atoms with Gasteiger partial charge >= 0.3 is 0 Å². The molecule has 4 nitrogen and oxygen atoms in total. The van der Waals surface area contributed by atoms with E-state index in [2.05, 4.69) is 57.9 Å². The molecule has 30 heavy (non-hydrogen) atoms. The summed E-state index contributed by atoms with van der Waals surface area (Å²) in [6.07, 6.45) is 2.67. The fourth-order valence-corrected chi connectivity index (χ4v) is 5.50. The molecule has 2 aromatic rings. The van der Waals surface area contributed by atoms with Gasteiger partial charge < -0.3 is 9.64 Å². The third-order valence-corrected chi connectivity index (χ3v) is 7.75. The Bertz CT molecular complexity index is 1020. The minimum absolute atomic E-state index is 0.154. The van der Waals surface area contributed by atoms with Gasteiger partial charge in [0.25, 0.3) is 0 Å².